The summed E-state index contributed by atoms with van der Waals surface area (Å²) < 4.78 is 37.0. The number of nitro groups is 1. The summed E-state index contributed by atoms with van der Waals surface area (Å²) in [5.41, 5.74) is 6.33. The minimum Gasteiger partial charge on any atom is -0.398 e. The van der Waals surface area contributed by atoms with Crippen LogP contribution in [0.3, 0.4) is 0 Å². The summed E-state index contributed by atoms with van der Waals surface area (Å²) in [5.74, 6) is 0. The van der Waals surface area contributed by atoms with E-state index in [0.29, 0.717) is 0 Å². The maximum absolute atomic E-state index is 12.3. The standard InChI is InChI=1S/C7H8F3N3O2/c8-7(9,10)4-3-6(12,13(14)15)2-1-5(4)11/h1-2H,3,11-12H2. The Hall–Kier alpha value is -1.57. The fraction of sp³-hybridized carbons (Fsp3) is 0.429. The van der Waals surface area contributed by atoms with Crippen molar-refractivity contribution < 1.29 is 18.1 Å². The molecule has 0 radical (unpaired) electrons. The summed E-state index contributed by atoms with van der Waals surface area (Å²) >= 11 is 0. The van der Waals surface area contributed by atoms with E-state index in [1.165, 1.54) is 0 Å². The van der Waals surface area contributed by atoms with Crippen LogP contribution in [0.4, 0.5) is 13.2 Å². The number of rotatable bonds is 1. The van der Waals surface area contributed by atoms with Gasteiger partial charge >= 0.3 is 6.18 Å². The molecule has 15 heavy (non-hydrogen) atoms. The third-order valence-corrected chi connectivity index (χ3v) is 2.04. The molecule has 0 aromatic rings. The van der Waals surface area contributed by atoms with Crippen molar-refractivity contribution in [3.8, 4) is 0 Å². The van der Waals surface area contributed by atoms with Crippen LogP contribution in [0.25, 0.3) is 0 Å². The zero-order chi connectivity index (χ0) is 11.9. The Morgan fingerprint density at radius 3 is 2.47 bits per heavy atom. The zero-order valence-electron chi connectivity index (χ0n) is 7.41. The van der Waals surface area contributed by atoms with Crippen LogP contribution in [0, 0.1) is 10.1 Å². The molecule has 4 N–H and O–H groups in total. The first-order valence-corrected chi connectivity index (χ1v) is 3.85. The van der Waals surface area contributed by atoms with E-state index in [-0.39, 0.29) is 0 Å². The predicted molar refractivity (Wildman–Crippen MR) is 44.9 cm³/mol. The lowest BCUT2D eigenvalue weighted by Gasteiger charge is -2.24. The summed E-state index contributed by atoms with van der Waals surface area (Å²) in [5, 5.41) is 10.5. The van der Waals surface area contributed by atoms with Gasteiger partial charge in [-0.3, -0.25) is 15.8 Å². The molecule has 1 rings (SSSR count). The number of nitrogens with two attached hydrogens (primary N) is 2. The number of alkyl halides is 3. The van der Waals surface area contributed by atoms with E-state index in [0.717, 1.165) is 12.2 Å². The van der Waals surface area contributed by atoms with Crippen LogP contribution >= 0.6 is 0 Å². The van der Waals surface area contributed by atoms with Gasteiger partial charge in [0.1, 0.15) is 0 Å². The van der Waals surface area contributed by atoms with Crippen molar-refractivity contribution in [3.05, 3.63) is 33.5 Å². The normalized spacial score (nSPS) is 26.9. The Labute approximate surface area is 82.4 Å². The summed E-state index contributed by atoms with van der Waals surface area (Å²) in [6.07, 6.45) is -3.98. The van der Waals surface area contributed by atoms with Gasteiger partial charge in [0.15, 0.2) is 0 Å². The molecule has 0 aromatic carbocycles. The average molecular weight is 223 g/mol. The lowest BCUT2D eigenvalue weighted by atomic mass is 9.93. The van der Waals surface area contributed by atoms with Crippen LogP contribution in [0.1, 0.15) is 6.42 Å². The van der Waals surface area contributed by atoms with Gasteiger partial charge in [-0.2, -0.15) is 13.2 Å². The third-order valence-electron chi connectivity index (χ3n) is 2.04. The molecule has 0 fully saturated rings. The van der Waals surface area contributed by atoms with E-state index in [4.69, 9.17) is 11.5 Å². The lowest BCUT2D eigenvalue weighted by Crippen LogP contribution is -2.49. The van der Waals surface area contributed by atoms with E-state index in [9.17, 15) is 23.3 Å². The van der Waals surface area contributed by atoms with Crippen LogP contribution in [-0.4, -0.2) is 16.8 Å². The highest BCUT2D eigenvalue weighted by atomic mass is 19.4. The molecule has 84 valence electrons. The van der Waals surface area contributed by atoms with Crippen molar-refractivity contribution >= 4 is 0 Å². The number of hydrogen-bond acceptors (Lipinski definition) is 4. The van der Waals surface area contributed by atoms with Gasteiger partial charge in [-0.05, 0) is 6.08 Å². The predicted octanol–water partition coefficient (Wildman–Crippen LogP) is 0.653. The van der Waals surface area contributed by atoms with E-state index in [1.54, 1.807) is 0 Å². The van der Waals surface area contributed by atoms with Gasteiger partial charge in [-0.15, -0.1) is 0 Å². The molecule has 0 spiro atoms. The fourth-order valence-corrected chi connectivity index (χ4v) is 1.17. The Balaban J connectivity index is 3.11. The van der Waals surface area contributed by atoms with Crippen molar-refractivity contribution in [2.45, 2.75) is 18.3 Å². The molecular formula is C7H8F3N3O2. The molecule has 0 saturated carbocycles. The molecule has 0 aliphatic heterocycles. The Morgan fingerprint density at radius 2 is 2.07 bits per heavy atom. The minimum atomic E-state index is -4.70. The Bertz CT molecular complexity index is 361. The second-order valence-corrected chi connectivity index (χ2v) is 3.19. The SMILES string of the molecule is NC1=C(C(F)(F)F)CC(N)([N+](=O)[O-])C=C1. The highest BCUT2D eigenvalue weighted by Crippen LogP contribution is 2.35. The van der Waals surface area contributed by atoms with Gasteiger partial charge in [0.2, 0.25) is 0 Å². The number of nitrogens with zero attached hydrogens (tertiary/aromatic N) is 1. The van der Waals surface area contributed by atoms with Crippen molar-refractivity contribution in [2.24, 2.45) is 11.5 Å². The topological polar surface area (TPSA) is 95.2 Å². The van der Waals surface area contributed by atoms with Gasteiger partial charge in [0, 0.05) is 16.7 Å². The summed E-state index contributed by atoms with van der Waals surface area (Å²) in [4.78, 5) is 9.48. The first-order chi connectivity index (χ1) is 6.67. The van der Waals surface area contributed by atoms with Crippen LogP contribution in [0.2, 0.25) is 0 Å². The highest BCUT2D eigenvalue weighted by Gasteiger charge is 2.47. The summed E-state index contributed by atoms with van der Waals surface area (Å²) in [6.45, 7) is 0. The van der Waals surface area contributed by atoms with Crippen LogP contribution in [0.5, 0.6) is 0 Å². The molecule has 0 heterocycles. The second-order valence-electron chi connectivity index (χ2n) is 3.19. The Morgan fingerprint density at radius 1 is 1.53 bits per heavy atom. The van der Waals surface area contributed by atoms with Crippen LogP contribution in [-0.2, 0) is 0 Å². The molecule has 0 saturated heterocycles. The number of allylic oxidation sites excluding steroid dienone is 1. The summed E-state index contributed by atoms with van der Waals surface area (Å²) in [7, 11) is 0. The van der Waals surface area contributed by atoms with E-state index in [2.05, 4.69) is 0 Å². The van der Waals surface area contributed by atoms with E-state index < -0.39 is 34.5 Å². The van der Waals surface area contributed by atoms with Gasteiger partial charge < -0.3 is 5.73 Å². The third kappa shape index (κ3) is 2.09. The maximum Gasteiger partial charge on any atom is 0.414 e. The van der Waals surface area contributed by atoms with Crippen molar-refractivity contribution in [1.82, 2.24) is 0 Å². The van der Waals surface area contributed by atoms with E-state index >= 15 is 0 Å². The molecule has 1 aliphatic rings. The average Bonchev–Trinajstić information content (AvgIpc) is 2.07. The molecule has 0 aromatic heterocycles. The Kier molecular flexibility index (Phi) is 2.48. The molecule has 8 heteroatoms. The second kappa shape index (κ2) is 3.23. The first kappa shape index (κ1) is 11.5. The lowest BCUT2D eigenvalue weighted by molar-refractivity contribution is -0.554. The quantitative estimate of drug-likeness (QED) is 0.387. The highest BCUT2D eigenvalue weighted by molar-refractivity contribution is 5.33. The number of hydrogen-bond donors (Lipinski definition) is 2. The van der Waals surface area contributed by atoms with Crippen molar-refractivity contribution in [2.75, 3.05) is 0 Å². The monoisotopic (exact) mass is 223 g/mol. The molecule has 0 amide bonds. The first-order valence-electron chi connectivity index (χ1n) is 3.85. The molecule has 1 aliphatic carbocycles. The van der Waals surface area contributed by atoms with Crippen LogP contribution in [0.15, 0.2) is 23.4 Å². The van der Waals surface area contributed by atoms with Crippen molar-refractivity contribution in [3.63, 3.8) is 0 Å². The van der Waals surface area contributed by atoms with Gasteiger partial charge in [0.25, 0.3) is 5.66 Å². The van der Waals surface area contributed by atoms with E-state index in [1.807, 2.05) is 0 Å². The maximum atomic E-state index is 12.3. The van der Waals surface area contributed by atoms with Crippen LogP contribution < -0.4 is 11.5 Å². The molecule has 1 atom stereocenters. The molecular weight excluding hydrogens is 215 g/mol. The smallest absolute Gasteiger partial charge is 0.398 e. The minimum absolute atomic E-state index is 0.537. The van der Waals surface area contributed by atoms with Gasteiger partial charge in [-0.1, -0.05) is 0 Å². The molecule has 5 nitrogen and oxygen atoms in total. The zero-order valence-corrected chi connectivity index (χ0v) is 7.41. The van der Waals surface area contributed by atoms with Gasteiger partial charge in [-0.25, -0.2) is 0 Å². The van der Waals surface area contributed by atoms with Crippen molar-refractivity contribution in [1.29, 1.82) is 0 Å². The molecule has 0 bridgehead atoms. The fourth-order valence-electron chi connectivity index (χ4n) is 1.17. The summed E-state index contributed by atoms with van der Waals surface area (Å²) in [6, 6.07) is 0. The number of halogens is 3. The van der Waals surface area contributed by atoms with Gasteiger partial charge in [0.05, 0.1) is 12.0 Å². The largest absolute Gasteiger partial charge is 0.414 e. The molecule has 1 unspecified atom stereocenters.